The van der Waals surface area contributed by atoms with Crippen molar-refractivity contribution in [3.63, 3.8) is 0 Å². The Kier molecular flexibility index (Phi) is 7.15. The highest BCUT2D eigenvalue weighted by molar-refractivity contribution is 6.02. The minimum Gasteiger partial charge on any atom is -0.508 e. The van der Waals surface area contributed by atoms with Crippen LogP contribution in [0.3, 0.4) is 0 Å². The van der Waals surface area contributed by atoms with Crippen molar-refractivity contribution in [1.29, 1.82) is 0 Å². The van der Waals surface area contributed by atoms with Crippen LogP contribution >= 0.6 is 0 Å². The zero-order valence-electron chi connectivity index (χ0n) is 22.5. The number of aromatic hydroxyl groups is 1. The third-order valence-corrected chi connectivity index (χ3v) is 7.23. The predicted octanol–water partition coefficient (Wildman–Crippen LogP) is 4.33. The zero-order valence-corrected chi connectivity index (χ0v) is 22.5. The van der Waals surface area contributed by atoms with Crippen LogP contribution in [-0.4, -0.2) is 48.2 Å². The van der Waals surface area contributed by atoms with E-state index in [1.165, 1.54) is 21.8 Å². The van der Waals surface area contributed by atoms with Crippen LogP contribution in [0.4, 0.5) is 5.69 Å². The minimum absolute atomic E-state index is 0.0325. The molecular weight excluding hydrogens is 522 g/mol. The van der Waals surface area contributed by atoms with E-state index in [-0.39, 0.29) is 30.1 Å². The highest BCUT2D eigenvalue weighted by Gasteiger charge is 2.35. The molecule has 6 rings (SSSR count). The maximum Gasteiger partial charge on any atom is 0.251 e. The quantitative estimate of drug-likeness (QED) is 0.291. The van der Waals surface area contributed by atoms with Crippen molar-refractivity contribution in [1.82, 2.24) is 30.5 Å². The Bertz CT molecular complexity index is 1690. The smallest absolute Gasteiger partial charge is 0.251 e. The molecule has 11 heteroatoms. The summed E-state index contributed by atoms with van der Waals surface area (Å²) >= 11 is 0. The Morgan fingerprint density at radius 3 is 2.63 bits per heavy atom. The van der Waals surface area contributed by atoms with Crippen molar-refractivity contribution >= 4 is 28.4 Å². The Morgan fingerprint density at radius 2 is 1.88 bits per heavy atom. The van der Waals surface area contributed by atoms with Gasteiger partial charge < -0.3 is 14.8 Å². The topological polar surface area (TPSA) is 139 Å². The summed E-state index contributed by atoms with van der Waals surface area (Å²) in [5.74, 6) is 0.686. The first kappa shape index (κ1) is 26.2. The van der Waals surface area contributed by atoms with Crippen molar-refractivity contribution in [2.75, 3.05) is 4.90 Å². The van der Waals surface area contributed by atoms with E-state index in [0.29, 0.717) is 22.8 Å². The van der Waals surface area contributed by atoms with Crippen LogP contribution in [0, 0.1) is 6.92 Å². The Morgan fingerprint density at radius 1 is 1.10 bits per heavy atom. The molecule has 0 aliphatic heterocycles. The van der Waals surface area contributed by atoms with Crippen LogP contribution in [0.15, 0.2) is 77.3 Å². The molecule has 3 aromatic heterocycles. The van der Waals surface area contributed by atoms with E-state index < -0.39 is 11.9 Å². The molecule has 1 unspecified atom stereocenters. The van der Waals surface area contributed by atoms with Crippen LogP contribution in [0.1, 0.15) is 43.0 Å². The number of phenolic OH excluding ortho intramolecular Hbond substituents is 1. The molecule has 1 fully saturated rings. The number of aromatic nitrogens is 5. The number of aryl methyl sites for hydroxylation is 1. The maximum absolute atomic E-state index is 14.1. The molecule has 0 bridgehead atoms. The molecule has 1 atom stereocenters. The van der Waals surface area contributed by atoms with Gasteiger partial charge in [-0.1, -0.05) is 43.2 Å². The van der Waals surface area contributed by atoms with E-state index in [1.807, 2.05) is 37.3 Å². The number of furan rings is 1. The molecule has 1 saturated carbocycles. The van der Waals surface area contributed by atoms with Gasteiger partial charge in [-0.2, -0.15) is 4.80 Å². The molecule has 1 aliphatic carbocycles. The Labute approximate surface area is 235 Å². The summed E-state index contributed by atoms with van der Waals surface area (Å²) in [6, 6.07) is 18.2. The number of carbonyl (C=O) groups excluding carboxylic acids is 2. The van der Waals surface area contributed by atoms with Gasteiger partial charge in [0.25, 0.3) is 5.91 Å². The molecule has 0 spiro atoms. The van der Waals surface area contributed by atoms with Gasteiger partial charge in [0.2, 0.25) is 11.7 Å². The summed E-state index contributed by atoms with van der Waals surface area (Å²) in [6.07, 6.45) is 5.44. The molecule has 2 N–H and O–H groups in total. The number of benzene rings is 2. The minimum atomic E-state index is -1.04. The normalized spacial score (nSPS) is 14.3. The maximum atomic E-state index is 14.1. The lowest BCUT2D eigenvalue weighted by atomic mass is 10.0. The van der Waals surface area contributed by atoms with Crippen LogP contribution in [0.5, 0.6) is 5.75 Å². The molecule has 3 heterocycles. The number of para-hydroxylation sites is 1. The summed E-state index contributed by atoms with van der Waals surface area (Å²) in [7, 11) is 0. The highest BCUT2D eigenvalue weighted by Crippen LogP contribution is 2.32. The fourth-order valence-electron chi connectivity index (χ4n) is 5.21. The number of tetrazole rings is 1. The van der Waals surface area contributed by atoms with Gasteiger partial charge in [-0.05, 0) is 66.9 Å². The SMILES string of the molecule is Cc1ccc(-c2nnn(CC(=O)N(c3cnc4ccccc4c3)C(C(=O)NC3CCCC3)c3ccc(O)cc3)n2)o1. The average Bonchev–Trinajstić information content (AvgIpc) is 3.75. The van der Waals surface area contributed by atoms with Crippen molar-refractivity contribution in [2.24, 2.45) is 0 Å². The first-order valence-corrected chi connectivity index (χ1v) is 13.6. The second-order valence-corrected chi connectivity index (χ2v) is 10.2. The third kappa shape index (κ3) is 5.65. The van der Waals surface area contributed by atoms with E-state index in [1.54, 1.807) is 30.5 Å². The van der Waals surface area contributed by atoms with E-state index in [9.17, 15) is 14.7 Å². The van der Waals surface area contributed by atoms with Gasteiger partial charge >= 0.3 is 0 Å². The molecule has 0 radical (unpaired) electrons. The number of rotatable bonds is 8. The molecule has 2 amide bonds. The fourth-order valence-corrected chi connectivity index (χ4v) is 5.21. The summed E-state index contributed by atoms with van der Waals surface area (Å²) in [5.41, 5.74) is 1.74. The van der Waals surface area contributed by atoms with Crippen molar-refractivity contribution in [2.45, 2.75) is 51.2 Å². The number of pyridine rings is 1. The number of nitrogens with zero attached hydrogens (tertiary/aromatic N) is 6. The van der Waals surface area contributed by atoms with Crippen molar-refractivity contribution in [3.8, 4) is 17.3 Å². The van der Waals surface area contributed by atoms with Gasteiger partial charge in [0.15, 0.2) is 5.76 Å². The molecule has 208 valence electrons. The average molecular weight is 552 g/mol. The number of amides is 2. The number of hydrogen-bond donors (Lipinski definition) is 2. The number of fused-ring (bicyclic) bond motifs is 1. The Hall–Kier alpha value is -5.06. The summed E-state index contributed by atoms with van der Waals surface area (Å²) < 4.78 is 5.59. The summed E-state index contributed by atoms with van der Waals surface area (Å²) in [6.45, 7) is 1.53. The van der Waals surface area contributed by atoms with E-state index >= 15 is 0 Å². The second-order valence-electron chi connectivity index (χ2n) is 10.2. The lowest BCUT2D eigenvalue weighted by molar-refractivity contribution is -0.127. The summed E-state index contributed by atoms with van der Waals surface area (Å²) in [5, 5.41) is 26.4. The first-order chi connectivity index (χ1) is 19.9. The standard InChI is InChI=1S/C30H29N7O4/c1-19-10-15-26(41-19)29-33-35-36(34-29)18-27(39)37(23-16-21-6-2-5-9-25(21)31-17-23)28(20-11-13-24(38)14-12-20)30(40)32-22-7-3-4-8-22/h2,5-6,9-17,22,28,38H,3-4,7-8,18H2,1H3,(H,32,40). The number of hydrogen-bond acceptors (Lipinski definition) is 8. The molecule has 2 aromatic carbocycles. The van der Waals surface area contributed by atoms with Crippen LogP contribution in [0.2, 0.25) is 0 Å². The molecule has 1 aliphatic rings. The van der Waals surface area contributed by atoms with Crippen molar-refractivity contribution in [3.05, 3.63) is 84.3 Å². The fraction of sp³-hybridized carbons (Fsp3) is 0.267. The predicted molar refractivity (Wildman–Crippen MR) is 151 cm³/mol. The van der Waals surface area contributed by atoms with Gasteiger partial charge in [-0.15, -0.1) is 10.2 Å². The molecule has 5 aromatic rings. The van der Waals surface area contributed by atoms with E-state index in [4.69, 9.17) is 4.42 Å². The summed E-state index contributed by atoms with van der Waals surface area (Å²) in [4.78, 5) is 35.3. The van der Waals surface area contributed by atoms with Crippen LogP contribution in [0.25, 0.3) is 22.5 Å². The number of anilines is 1. The lowest BCUT2D eigenvalue weighted by Gasteiger charge is -2.32. The third-order valence-electron chi connectivity index (χ3n) is 7.23. The number of carbonyl (C=O) groups is 2. The molecule has 0 saturated heterocycles. The largest absolute Gasteiger partial charge is 0.508 e. The van der Waals surface area contributed by atoms with Gasteiger partial charge in [0.05, 0.1) is 17.4 Å². The first-order valence-electron chi connectivity index (χ1n) is 13.6. The monoisotopic (exact) mass is 551 g/mol. The van der Waals surface area contributed by atoms with Gasteiger partial charge in [0, 0.05) is 11.4 Å². The van der Waals surface area contributed by atoms with Crippen LogP contribution in [-0.2, 0) is 16.1 Å². The Balaban J connectivity index is 1.40. The zero-order chi connectivity index (χ0) is 28.3. The van der Waals surface area contributed by atoms with Crippen LogP contribution < -0.4 is 10.2 Å². The van der Waals surface area contributed by atoms with E-state index in [2.05, 4.69) is 25.7 Å². The number of phenols is 1. The van der Waals surface area contributed by atoms with Crippen molar-refractivity contribution < 1.29 is 19.1 Å². The van der Waals surface area contributed by atoms with Gasteiger partial charge in [0.1, 0.15) is 24.1 Å². The molecule has 11 nitrogen and oxygen atoms in total. The van der Waals surface area contributed by atoms with E-state index in [0.717, 1.165) is 36.6 Å². The van der Waals surface area contributed by atoms with Gasteiger partial charge in [-0.3, -0.25) is 19.5 Å². The lowest BCUT2D eigenvalue weighted by Crippen LogP contribution is -2.47. The van der Waals surface area contributed by atoms with Gasteiger partial charge in [-0.25, -0.2) is 0 Å². The molecular formula is C30H29N7O4. The highest BCUT2D eigenvalue weighted by atomic mass is 16.3. The number of nitrogens with one attached hydrogen (secondary N) is 1. The second kappa shape index (κ2) is 11.2. The molecule has 41 heavy (non-hydrogen) atoms.